The predicted octanol–water partition coefficient (Wildman–Crippen LogP) is 1.42. The van der Waals surface area contributed by atoms with E-state index >= 15 is 0 Å². The molecule has 2 N–H and O–H groups in total. The van der Waals surface area contributed by atoms with Crippen molar-refractivity contribution in [1.29, 1.82) is 0 Å². The Kier molecular flexibility index (Phi) is 4.46. The highest BCUT2D eigenvalue weighted by Gasteiger charge is 2.41. The lowest BCUT2D eigenvalue weighted by atomic mass is 9.85. The van der Waals surface area contributed by atoms with Crippen LogP contribution in [0.25, 0.3) is 0 Å². The molecule has 6 nitrogen and oxygen atoms in total. The van der Waals surface area contributed by atoms with E-state index in [1.165, 1.54) is 0 Å². The molecule has 0 spiro atoms. The van der Waals surface area contributed by atoms with Crippen LogP contribution >= 0.6 is 0 Å². The van der Waals surface area contributed by atoms with Crippen LogP contribution in [0.5, 0.6) is 0 Å². The van der Waals surface area contributed by atoms with Crippen molar-refractivity contribution < 1.29 is 29.8 Å². The summed E-state index contributed by atoms with van der Waals surface area (Å²) in [5, 5.41) is 17.1. The van der Waals surface area contributed by atoms with E-state index in [2.05, 4.69) is 9.78 Å². The molecule has 0 saturated heterocycles. The fourth-order valence-corrected chi connectivity index (χ4v) is 1.75. The monoisotopic (exact) mass is 220 g/mol. The number of carbonyl (C=O) groups excluding carboxylic acids is 1. The van der Waals surface area contributed by atoms with Crippen molar-refractivity contribution in [3.05, 3.63) is 0 Å². The third kappa shape index (κ3) is 2.88. The summed E-state index contributed by atoms with van der Waals surface area (Å²) in [6, 6.07) is 0. The van der Waals surface area contributed by atoms with Gasteiger partial charge in [-0.3, -0.25) is 4.79 Å². The maximum absolute atomic E-state index is 11.4. The van der Waals surface area contributed by atoms with E-state index in [0.29, 0.717) is 19.4 Å². The molecule has 6 heteroatoms. The van der Waals surface area contributed by atoms with Crippen molar-refractivity contribution in [3.63, 3.8) is 0 Å². The minimum atomic E-state index is -1.37. The summed E-state index contributed by atoms with van der Waals surface area (Å²) in [7, 11) is 0. The van der Waals surface area contributed by atoms with Crippen molar-refractivity contribution in [2.24, 2.45) is 5.92 Å². The molecule has 1 saturated carbocycles. The van der Waals surface area contributed by atoms with Gasteiger partial charge in [-0.25, -0.2) is 20.3 Å². The number of carbonyl (C=O) groups is 1. The Morgan fingerprint density at radius 1 is 1.33 bits per heavy atom. The largest absolute Gasteiger partial charge is 0.466 e. The lowest BCUT2D eigenvalue weighted by Gasteiger charge is -2.33. The standard InChI is InChI=1S/C9H16O6/c1-2-13-8(10)7-3-5-9(14-11,15-12)6-4-7/h7,11-12H,2-6H2,1H3. The van der Waals surface area contributed by atoms with Crippen LogP contribution in [0.4, 0.5) is 0 Å². The van der Waals surface area contributed by atoms with Gasteiger partial charge in [0, 0.05) is 12.8 Å². The summed E-state index contributed by atoms with van der Waals surface area (Å²) >= 11 is 0. The minimum Gasteiger partial charge on any atom is -0.466 e. The first kappa shape index (κ1) is 12.4. The second kappa shape index (κ2) is 5.41. The third-order valence-electron chi connectivity index (χ3n) is 2.70. The maximum atomic E-state index is 11.4. The Bertz CT molecular complexity index is 203. The molecule has 15 heavy (non-hydrogen) atoms. The normalized spacial score (nSPS) is 21.3. The van der Waals surface area contributed by atoms with Gasteiger partial charge in [-0.15, -0.1) is 0 Å². The molecule has 0 amide bonds. The molecule has 1 aliphatic rings. The molecular weight excluding hydrogens is 204 g/mol. The van der Waals surface area contributed by atoms with Gasteiger partial charge in [-0.2, -0.15) is 0 Å². The molecule has 0 bridgehead atoms. The first-order valence-corrected chi connectivity index (χ1v) is 4.99. The lowest BCUT2D eigenvalue weighted by Crippen LogP contribution is -2.40. The van der Waals surface area contributed by atoms with Crippen LogP contribution in [0.3, 0.4) is 0 Å². The van der Waals surface area contributed by atoms with Crippen LogP contribution in [0, 0.1) is 5.92 Å². The number of ether oxygens (including phenoxy) is 1. The second-order valence-corrected chi connectivity index (χ2v) is 3.62. The fraction of sp³-hybridized carbons (Fsp3) is 0.889. The number of esters is 1. The van der Waals surface area contributed by atoms with Crippen LogP contribution in [0.1, 0.15) is 32.6 Å². The molecular formula is C9H16O6. The van der Waals surface area contributed by atoms with E-state index in [4.69, 9.17) is 15.3 Å². The van der Waals surface area contributed by atoms with Gasteiger partial charge in [0.2, 0.25) is 5.79 Å². The predicted molar refractivity (Wildman–Crippen MR) is 48.7 cm³/mol. The van der Waals surface area contributed by atoms with E-state index in [9.17, 15) is 4.79 Å². The molecule has 0 atom stereocenters. The molecule has 0 radical (unpaired) electrons. The van der Waals surface area contributed by atoms with Gasteiger partial charge < -0.3 is 4.74 Å². The molecule has 0 aliphatic heterocycles. The van der Waals surface area contributed by atoms with Crippen molar-refractivity contribution in [3.8, 4) is 0 Å². The van der Waals surface area contributed by atoms with Crippen molar-refractivity contribution in [1.82, 2.24) is 0 Å². The second-order valence-electron chi connectivity index (χ2n) is 3.62. The molecule has 0 aromatic carbocycles. The number of hydrogen-bond acceptors (Lipinski definition) is 6. The highest BCUT2D eigenvalue weighted by molar-refractivity contribution is 5.72. The zero-order valence-electron chi connectivity index (χ0n) is 8.64. The third-order valence-corrected chi connectivity index (χ3v) is 2.70. The molecule has 1 fully saturated rings. The molecule has 88 valence electrons. The number of rotatable bonds is 4. The Morgan fingerprint density at radius 2 is 1.87 bits per heavy atom. The summed E-state index contributed by atoms with van der Waals surface area (Å²) in [5.74, 6) is -1.83. The van der Waals surface area contributed by atoms with Crippen LogP contribution in [-0.4, -0.2) is 28.9 Å². The van der Waals surface area contributed by atoms with E-state index in [-0.39, 0.29) is 24.7 Å². The molecule has 0 aromatic rings. The topological polar surface area (TPSA) is 85.2 Å². The first-order chi connectivity index (χ1) is 7.17. The molecule has 1 rings (SSSR count). The van der Waals surface area contributed by atoms with Gasteiger partial charge in [0.1, 0.15) is 0 Å². The summed E-state index contributed by atoms with van der Waals surface area (Å²) in [5.41, 5.74) is 0. The fourth-order valence-electron chi connectivity index (χ4n) is 1.75. The smallest absolute Gasteiger partial charge is 0.308 e. The van der Waals surface area contributed by atoms with Crippen molar-refractivity contribution >= 4 is 5.97 Å². The lowest BCUT2D eigenvalue weighted by molar-refractivity contribution is -0.493. The highest BCUT2D eigenvalue weighted by Crippen LogP contribution is 2.35. The SMILES string of the molecule is CCOC(=O)C1CCC(OO)(OO)CC1. The zero-order chi connectivity index (χ0) is 11.3. The van der Waals surface area contributed by atoms with E-state index in [1.54, 1.807) is 6.92 Å². The molecule has 1 aliphatic carbocycles. The van der Waals surface area contributed by atoms with E-state index < -0.39 is 5.79 Å². The molecule has 0 heterocycles. The maximum Gasteiger partial charge on any atom is 0.308 e. The Balaban J connectivity index is 2.44. The first-order valence-electron chi connectivity index (χ1n) is 4.99. The molecule has 0 unspecified atom stereocenters. The minimum absolute atomic E-state index is 0.205. The van der Waals surface area contributed by atoms with E-state index in [1.807, 2.05) is 0 Å². The average Bonchev–Trinajstić information content (AvgIpc) is 2.29. The average molecular weight is 220 g/mol. The summed E-state index contributed by atoms with van der Waals surface area (Å²) in [4.78, 5) is 19.5. The number of hydrogen-bond donors (Lipinski definition) is 2. The van der Waals surface area contributed by atoms with Gasteiger partial charge in [0.25, 0.3) is 0 Å². The van der Waals surface area contributed by atoms with Gasteiger partial charge in [-0.05, 0) is 19.8 Å². The Morgan fingerprint density at radius 3 is 2.27 bits per heavy atom. The van der Waals surface area contributed by atoms with Crippen LogP contribution in [0.15, 0.2) is 0 Å². The van der Waals surface area contributed by atoms with Crippen LogP contribution < -0.4 is 0 Å². The quantitative estimate of drug-likeness (QED) is 0.322. The Labute approximate surface area is 87.6 Å². The molecule has 0 aromatic heterocycles. The van der Waals surface area contributed by atoms with Gasteiger partial charge in [0.15, 0.2) is 0 Å². The van der Waals surface area contributed by atoms with Crippen molar-refractivity contribution in [2.75, 3.05) is 6.61 Å². The van der Waals surface area contributed by atoms with Gasteiger partial charge >= 0.3 is 5.97 Å². The van der Waals surface area contributed by atoms with Crippen molar-refractivity contribution in [2.45, 2.75) is 38.4 Å². The summed E-state index contributed by atoms with van der Waals surface area (Å²) in [6.07, 6.45) is 1.42. The zero-order valence-corrected chi connectivity index (χ0v) is 8.64. The van der Waals surface area contributed by atoms with Gasteiger partial charge in [-0.1, -0.05) is 0 Å². The Hall–Kier alpha value is -0.690. The van der Waals surface area contributed by atoms with Crippen LogP contribution in [0.2, 0.25) is 0 Å². The summed E-state index contributed by atoms with van der Waals surface area (Å²) < 4.78 is 4.87. The van der Waals surface area contributed by atoms with Gasteiger partial charge in [0.05, 0.1) is 12.5 Å². The van der Waals surface area contributed by atoms with E-state index in [0.717, 1.165) is 0 Å². The summed E-state index contributed by atoms with van der Waals surface area (Å²) in [6.45, 7) is 2.10. The van der Waals surface area contributed by atoms with Crippen LogP contribution in [-0.2, 0) is 19.3 Å². The highest BCUT2D eigenvalue weighted by atomic mass is 17.2.